The lowest BCUT2D eigenvalue weighted by Crippen LogP contribution is -2.05. The summed E-state index contributed by atoms with van der Waals surface area (Å²) in [5, 5.41) is 4.10. The SMILES string of the molecule is CCCC1CC1Nc1ccc(Cl)cn1. The Morgan fingerprint density at radius 3 is 3.07 bits per heavy atom. The van der Waals surface area contributed by atoms with Crippen LogP contribution in [-0.2, 0) is 0 Å². The van der Waals surface area contributed by atoms with E-state index in [0.29, 0.717) is 11.1 Å². The molecular formula is C11H15ClN2. The fraction of sp³-hybridized carbons (Fsp3) is 0.545. The van der Waals surface area contributed by atoms with E-state index in [1.807, 2.05) is 12.1 Å². The molecule has 2 rings (SSSR count). The first kappa shape index (κ1) is 9.78. The van der Waals surface area contributed by atoms with Gasteiger partial charge < -0.3 is 5.32 Å². The maximum Gasteiger partial charge on any atom is 0.126 e. The van der Waals surface area contributed by atoms with E-state index in [2.05, 4.69) is 17.2 Å². The van der Waals surface area contributed by atoms with Gasteiger partial charge in [-0.05, 0) is 30.9 Å². The maximum absolute atomic E-state index is 5.75. The summed E-state index contributed by atoms with van der Waals surface area (Å²) < 4.78 is 0. The van der Waals surface area contributed by atoms with Gasteiger partial charge in [-0.1, -0.05) is 24.9 Å². The van der Waals surface area contributed by atoms with Crippen LogP contribution < -0.4 is 5.32 Å². The zero-order chi connectivity index (χ0) is 9.97. The van der Waals surface area contributed by atoms with Crippen molar-refractivity contribution in [3.05, 3.63) is 23.4 Å². The van der Waals surface area contributed by atoms with E-state index >= 15 is 0 Å². The number of halogens is 1. The molecule has 3 heteroatoms. The molecule has 0 bridgehead atoms. The molecule has 1 saturated carbocycles. The van der Waals surface area contributed by atoms with Crippen LogP contribution in [0.3, 0.4) is 0 Å². The number of rotatable bonds is 4. The number of aromatic nitrogens is 1. The van der Waals surface area contributed by atoms with Crippen LogP contribution in [0.4, 0.5) is 5.82 Å². The largest absolute Gasteiger partial charge is 0.367 e. The van der Waals surface area contributed by atoms with Gasteiger partial charge in [-0.25, -0.2) is 4.98 Å². The Hall–Kier alpha value is -0.760. The van der Waals surface area contributed by atoms with E-state index in [4.69, 9.17) is 11.6 Å². The van der Waals surface area contributed by atoms with Crippen molar-refractivity contribution in [3.8, 4) is 0 Å². The predicted octanol–water partition coefficient (Wildman–Crippen LogP) is 3.34. The molecule has 0 aliphatic heterocycles. The molecule has 0 radical (unpaired) electrons. The van der Waals surface area contributed by atoms with Gasteiger partial charge in [0.05, 0.1) is 5.02 Å². The topological polar surface area (TPSA) is 24.9 Å². The summed E-state index contributed by atoms with van der Waals surface area (Å²) in [5.41, 5.74) is 0. The minimum absolute atomic E-state index is 0.642. The van der Waals surface area contributed by atoms with E-state index in [9.17, 15) is 0 Å². The van der Waals surface area contributed by atoms with Gasteiger partial charge in [0, 0.05) is 12.2 Å². The maximum atomic E-state index is 5.75. The van der Waals surface area contributed by atoms with Gasteiger partial charge in [0.25, 0.3) is 0 Å². The molecule has 1 aliphatic rings. The van der Waals surface area contributed by atoms with E-state index in [-0.39, 0.29) is 0 Å². The minimum atomic E-state index is 0.642. The average Bonchev–Trinajstić information content (AvgIpc) is 2.89. The average molecular weight is 211 g/mol. The van der Waals surface area contributed by atoms with Crippen LogP contribution in [-0.4, -0.2) is 11.0 Å². The molecule has 2 atom stereocenters. The lowest BCUT2D eigenvalue weighted by atomic mass is 10.2. The molecule has 2 nitrogen and oxygen atoms in total. The Balaban J connectivity index is 1.84. The second-order valence-electron chi connectivity index (χ2n) is 3.90. The summed E-state index contributed by atoms with van der Waals surface area (Å²) >= 11 is 5.75. The highest BCUT2D eigenvalue weighted by Gasteiger charge is 2.35. The van der Waals surface area contributed by atoms with Crippen molar-refractivity contribution >= 4 is 17.4 Å². The third-order valence-corrected chi connectivity index (χ3v) is 2.87. The van der Waals surface area contributed by atoms with Crippen LogP contribution in [0.2, 0.25) is 5.02 Å². The predicted molar refractivity (Wildman–Crippen MR) is 59.7 cm³/mol. The van der Waals surface area contributed by atoms with Gasteiger partial charge in [0.15, 0.2) is 0 Å². The zero-order valence-corrected chi connectivity index (χ0v) is 9.09. The first-order valence-electron chi connectivity index (χ1n) is 5.17. The lowest BCUT2D eigenvalue weighted by molar-refractivity contribution is 0.692. The first-order valence-corrected chi connectivity index (χ1v) is 5.55. The van der Waals surface area contributed by atoms with Gasteiger partial charge in [0.1, 0.15) is 5.82 Å². The Labute approximate surface area is 89.7 Å². The Kier molecular flexibility index (Phi) is 2.92. The molecule has 0 aromatic carbocycles. The Bertz CT molecular complexity index is 297. The van der Waals surface area contributed by atoms with Crippen LogP contribution in [0.25, 0.3) is 0 Å². The fourth-order valence-corrected chi connectivity index (χ4v) is 1.88. The third kappa shape index (κ3) is 2.38. The number of nitrogens with one attached hydrogen (secondary N) is 1. The number of hydrogen-bond donors (Lipinski definition) is 1. The van der Waals surface area contributed by atoms with Crippen molar-refractivity contribution in [2.24, 2.45) is 5.92 Å². The molecule has 1 fully saturated rings. The van der Waals surface area contributed by atoms with Crippen molar-refractivity contribution < 1.29 is 0 Å². The summed E-state index contributed by atoms with van der Waals surface area (Å²) in [5.74, 6) is 1.80. The Morgan fingerprint density at radius 2 is 2.43 bits per heavy atom. The molecular weight excluding hydrogens is 196 g/mol. The van der Waals surface area contributed by atoms with Crippen molar-refractivity contribution in [3.63, 3.8) is 0 Å². The molecule has 0 spiro atoms. The van der Waals surface area contributed by atoms with E-state index in [0.717, 1.165) is 11.7 Å². The highest BCUT2D eigenvalue weighted by atomic mass is 35.5. The monoisotopic (exact) mass is 210 g/mol. The van der Waals surface area contributed by atoms with Crippen molar-refractivity contribution in [2.45, 2.75) is 32.2 Å². The number of nitrogens with zero attached hydrogens (tertiary/aromatic N) is 1. The van der Waals surface area contributed by atoms with Crippen molar-refractivity contribution in [2.75, 3.05) is 5.32 Å². The van der Waals surface area contributed by atoms with E-state index in [1.54, 1.807) is 6.20 Å². The van der Waals surface area contributed by atoms with Gasteiger partial charge in [0.2, 0.25) is 0 Å². The smallest absolute Gasteiger partial charge is 0.126 e. The molecule has 14 heavy (non-hydrogen) atoms. The number of pyridine rings is 1. The quantitative estimate of drug-likeness (QED) is 0.825. The first-order chi connectivity index (χ1) is 6.79. The van der Waals surface area contributed by atoms with Crippen LogP contribution >= 0.6 is 11.6 Å². The van der Waals surface area contributed by atoms with E-state index < -0.39 is 0 Å². The molecule has 0 amide bonds. The molecule has 1 aromatic heterocycles. The summed E-state index contributed by atoms with van der Waals surface area (Å²) in [6.07, 6.45) is 5.57. The summed E-state index contributed by atoms with van der Waals surface area (Å²) in [4.78, 5) is 4.21. The molecule has 1 aromatic rings. The molecule has 1 aliphatic carbocycles. The standard InChI is InChI=1S/C11H15ClN2/c1-2-3-8-6-10(8)14-11-5-4-9(12)7-13-11/h4-5,7-8,10H,2-3,6H2,1H3,(H,13,14). The van der Waals surface area contributed by atoms with Crippen LogP contribution in [0.5, 0.6) is 0 Å². The molecule has 1 N–H and O–H groups in total. The van der Waals surface area contributed by atoms with Crippen molar-refractivity contribution in [1.82, 2.24) is 4.98 Å². The fourth-order valence-electron chi connectivity index (χ4n) is 1.77. The third-order valence-electron chi connectivity index (χ3n) is 2.64. The Morgan fingerprint density at radius 1 is 1.57 bits per heavy atom. The second kappa shape index (κ2) is 4.18. The summed E-state index contributed by atoms with van der Waals surface area (Å²) in [7, 11) is 0. The van der Waals surface area contributed by atoms with Crippen LogP contribution in [0, 0.1) is 5.92 Å². The highest BCUT2D eigenvalue weighted by Crippen LogP contribution is 2.36. The van der Waals surface area contributed by atoms with Crippen LogP contribution in [0.1, 0.15) is 26.2 Å². The minimum Gasteiger partial charge on any atom is -0.367 e. The zero-order valence-electron chi connectivity index (χ0n) is 8.33. The van der Waals surface area contributed by atoms with Gasteiger partial charge in [-0.15, -0.1) is 0 Å². The van der Waals surface area contributed by atoms with Gasteiger partial charge >= 0.3 is 0 Å². The van der Waals surface area contributed by atoms with Crippen molar-refractivity contribution in [1.29, 1.82) is 0 Å². The molecule has 76 valence electrons. The normalized spacial score (nSPS) is 24.7. The highest BCUT2D eigenvalue weighted by molar-refractivity contribution is 6.30. The summed E-state index contributed by atoms with van der Waals surface area (Å²) in [6.45, 7) is 2.23. The van der Waals surface area contributed by atoms with Gasteiger partial charge in [-0.3, -0.25) is 0 Å². The summed E-state index contributed by atoms with van der Waals surface area (Å²) in [6, 6.07) is 4.45. The lowest BCUT2D eigenvalue weighted by Gasteiger charge is -2.03. The number of anilines is 1. The number of hydrogen-bond acceptors (Lipinski definition) is 2. The molecule has 1 heterocycles. The van der Waals surface area contributed by atoms with Crippen LogP contribution in [0.15, 0.2) is 18.3 Å². The van der Waals surface area contributed by atoms with Gasteiger partial charge in [-0.2, -0.15) is 0 Å². The molecule has 2 unspecified atom stereocenters. The molecule has 0 saturated heterocycles. The van der Waals surface area contributed by atoms with E-state index in [1.165, 1.54) is 19.3 Å². The second-order valence-corrected chi connectivity index (χ2v) is 4.33.